The van der Waals surface area contributed by atoms with Crippen molar-refractivity contribution in [2.24, 2.45) is 0 Å². The molecule has 9 heteroatoms. The molecule has 0 atom stereocenters. The van der Waals surface area contributed by atoms with E-state index < -0.39 is 5.63 Å². The third-order valence-corrected chi connectivity index (χ3v) is 4.63. The second kappa shape index (κ2) is 8.43. The fraction of sp³-hybridized carbons (Fsp3) is 0.158. The predicted molar refractivity (Wildman–Crippen MR) is 114 cm³/mol. The molecular weight excluding hydrogens is 467 g/mol. The summed E-state index contributed by atoms with van der Waals surface area (Å²) < 4.78 is 7.41. The van der Waals surface area contributed by atoms with Gasteiger partial charge in [-0.2, -0.15) is 5.10 Å². The Labute approximate surface area is 179 Å². The molecule has 0 aliphatic rings. The van der Waals surface area contributed by atoms with E-state index in [1.165, 1.54) is 10.7 Å². The number of rotatable bonds is 2. The normalized spacial score (nSPS) is 10.6. The summed E-state index contributed by atoms with van der Waals surface area (Å²) in [5.74, 6) is 0.500. The Bertz CT molecular complexity index is 1220. The van der Waals surface area contributed by atoms with E-state index in [-0.39, 0.29) is 5.89 Å². The van der Waals surface area contributed by atoms with Gasteiger partial charge >= 0.3 is 5.63 Å². The third-order valence-electron chi connectivity index (χ3n) is 3.73. The Kier molecular flexibility index (Phi) is 6.17. The van der Waals surface area contributed by atoms with Gasteiger partial charge in [0.1, 0.15) is 10.3 Å². The van der Waals surface area contributed by atoms with E-state index >= 15 is 0 Å². The van der Waals surface area contributed by atoms with Crippen LogP contribution < -0.4 is 5.63 Å². The molecule has 3 heterocycles. The zero-order chi connectivity index (χ0) is 20.4. The lowest BCUT2D eigenvalue weighted by atomic mass is 10.1. The highest BCUT2D eigenvalue weighted by Gasteiger charge is 2.19. The van der Waals surface area contributed by atoms with Crippen LogP contribution in [0, 0.1) is 6.92 Å². The first-order valence-corrected chi connectivity index (χ1v) is 9.97. The van der Waals surface area contributed by atoms with Gasteiger partial charge in [-0.3, -0.25) is 0 Å². The summed E-state index contributed by atoms with van der Waals surface area (Å²) in [6, 6.07) is 8.36. The molecule has 0 saturated carbocycles. The van der Waals surface area contributed by atoms with Gasteiger partial charge in [0.25, 0.3) is 0 Å². The molecule has 0 radical (unpaired) electrons. The molecule has 0 spiro atoms. The molecule has 0 amide bonds. The molecule has 0 aliphatic carbocycles. The van der Waals surface area contributed by atoms with E-state index in [1.807, 2.05) is 20.8 Å². The summed E-state index contributed by atoms with van der Waals surface area (Å²) in [6.45, 7) is 5.83. The standard InChI is InChI=1S/C17H9BrCl2N4O2.C2H6/c1-8-5-9(19)6-10-14(8)22-16(26-17(10)25)12-7-13(18)23-24(12)15-11(20)3-2-4-21-15;1-2/h2-7H,1H3;1-2H3. The van der Waals surface area contributed by atoms with E-state index in [9.17, 15) is 4.79 Å². The molecule has 0 fully saturated rings. The molecule has 6 nitrogen and oxygen atoms in total. The fourth-order valence-electron chi connectivity index (χ4n) is 2.62. The highest BCUT2D eigenvalue weighted by atomic mass is 79.9. The molecule has 0 N–H and O–H groups in total. The second-order valence-electron chi connectivity index (χ2n) is 5.50. The predicted octanol–water partition coefficient (Wildman–Crippen LogP) is 5.84. The van der Waals surface area contributed by atoms with Gasteiger partial charge in [-0.1, -0.05) is 37.0 Å². The van der Waals surface area contributed by atoms with Crippen LogP contribution in [0.15, 0.2) is 50.3 Å². The smallest absolute Gasteiger partial charge is 0.347 e. The first-order chi connectivity index (χ1) is 13.4. The van der Waals surface area contributed by atoms with E-state index in [4.69, 9.17) is 27.6 Å². The molecule has 28 heavy (non-hydrogen) atoms. The lowest BCUT2D eigenvalue weighted by molar-refractivity contribution is 0.513. The van der Waals surface area contributed by atoms with Crippen LogP contribution >= 0.6 is 39.1 Å². The van der Waals surface area contributed by atoms with Gasteiger partial charge in [0.05, 0.1) is 15.9 Å². The van der Waals surface area contributed by atoms with Crippen LogP contribution in [0.2, 0.25) is 10.0 Å². The van der Waals surface area contributed by atoms with Gasteiger partial charge in [-0.15, -0.1) is 0 Å². The number of aromatic nitrogens is 4. The first-order valence-electron chi connectivity index (χ1n) is 8.42. The van der Waals surface area contributed by atoms with Crippen molar-refractivity contribution in [3.05, 3.63) is 67.2 Å². The van der Waals surface area contributed by atoms with Crippen molar-refractivity contribution in [1.82, 2.24) is 19.7 Å². The number of aryl methyl sites for hydroxylation is 1. The molecule has 0 aliphatic heterocycles. The Morgan fingerprint density at radius 3 is 2.64 bits per heavy atom. The number of fused-ring (bicyclic) bond motifs is 1. The minimum Gasteiger partial charge on any atom is -0.401 e. The minimum absolute atomic E-state index is 0.104. The number of benzene rings is 1. The minimum atomic E-state index is -0.536. The van der Waals surface area contributed by atoms with Crippen molar-refractivity contribution >= 4 is 50.0 Å². The van der Waals surface area contributed by atoms with Crippen molar-refractivity contribution in [2.75, 3.05) is 0 Å². The molecule has 4 rings (SSSR count). The number of halogens is 3. The largest absolute Gasteiger partial charge is 0.401 e. The molecule has 144 valence electrons. The Hall–Kier alpha value is -2.22. The fourth-order valence-corrected chi connectivity index (χ4v) is 3.47. The molecular formula is C19H15BrCl2N4O2. The molecule has 0 unspecified atom stereocenters. The summed E-state index contributed by atoms with van der Waals surface area (Å²) in [5.41, 5.74) is 1.18. The van der Waals surface area contributed by atoms with Gasteiger partial charge < -0.3 is 4.42 Å². The highest BCUT2D eigenvalue weighted by molar-refractivity contribution is 9.10. The van der Waals surface area contributed by atoms with Crippen molar-refractivity contribution in [1.29, 1.82) is 0 Å². The quantitative estimate of drug-likeness (QED) is 0.359. The maximum absolute atomic E-state index is 12.5. The lowest BCUT2D eigenvalue weighted by Gasteiger charge is -2.08. The van der Waals surface area contributed by atoms with Crippen molar-refractivity contribution in [3.8, 4) is 17.4 Å². The Morgan fingerprint density at radius 1 is 1.18 bits per heavy atom. The van der Waals surface area contributed by atoms with E-state index in [0.29, 0.717) is 37.1 Å². The first kappa shape index (κ1) is 20.5. The maximum Gasteiger partial charge on any atom is 0.347 e. The summed E-state index contributed by atoms with van der Waals surface area (Å²) >= 11 is 15.6. The molecule has 0 saturated heterocycles. The zero-order valence-corrected chi connectivity index (χ0v) is 18.3. The van der Waals surface area contributed by atoms with Crippen LogP contribution in [0.4, 0.5) is 0 Å². The van der Waals surface area contributed by atoms with E-state index in [0.717, 1.165) is 5.56 Å². The second-order valence-corrected chi connectivity index (χ2v) is 7.15. The summed E-state index contributed by atoms with van der Waals surface area (Å²) in [6.07, 6.45) is 1.59. The summed E-state index contributed by atoms with van der Waals surface area (Å²) in [7, 11) is 0. The number of hydrogen-bond donors (Lipinski definition) is 0. The van der Waals surface area contributed by atoms with Crippen LogP contribution in [-0.2, 0) is 0 Å². The van der Waals surface area contributed by atoms with Gasteiger partial charge in [-0.05, 0) is 52.7 Å². The Morgan fingerprint density at radius 2 is 1.93 bits per heavy atom. The van der Waals surface area contributed by atoms with Crippen molar-refractivity contribution in [2.45, 2.75) is 20.8 Å². The van der Waals surface area contributed by atoms with Crippen LogP contribution in [0.3, 0.4) is 0 Å². The molecule has 0 bridgehead atoms. The summed E-state index contributed by atoms with van der Waals surface area (Å²) in [4.78, 5) is 21.2. The van der Waals surface area contributed by atoms with Crippen LogP contribution in [0.1, 0.15) is 19.4 Å². The third kappa shape index (κ3) is 3.83. The lowest BCUT2D eigenvalue weighted by Crippen LogP contribution is -2.08. The Balaban J connectivity index is 0.00000109. The van der Waals surface area contributed by atoms with E-state index in [1.54, 1.807) is 30.5 Å². The molecule has 4 aromatic rings. The number of pyridine rings is 1. The summed E-state index contributed by atoms with van der Waals surface area (Å²) in [5, 5.41) is 5.49. The zero-order valence-electron chi connectivity index (χ0n) is 15.2. The van der Waals surface area contributed by atoms with Gasteiger partial charge in [0.2, 0.25) is 5.89 Å². The average Bonchev–Trinajstić information content (AvgIpc) is 3.06. The SMILES string of the molecule is CC.Cc1cc(Cl)cc2c(=O)oc(-c3cc(Br)nn3-c3ncccc3Cl)nc12. The maximum atomic E-state index is 12.5. The van der Waals surface area contributed by atoms with Gasteiger partial charge in [0, 0.05) is 17.3 Å². The van der Waals surface area contributed by atoms with Crippen LogP contribution in [0.25, 0.3) is 28.3 Å². The van der Waals surface area contributed by atoms with Crippen molar-refractivity contribution in [3.63, 3.8) is 0 Å². The topological polar surface area (TPSA) is 73.8 Å². The number of hydrogen-bond acceptors (Lipinski definition) is 5. The van der Waals surface area contributed by atoms with E-state index in [2.05, 4.69) is 31.0 Å². The van der Waals surface area contributed by atoms with Crippen molar-refractivity contribution < 1.29 is 4.42 Å². The molecule has 1 aromatic carbocycles. The van der Waals surface area contributed by atoms with Gasteiger partial charge in [0.15, 0.2) is 5.82 Å². The van der Waals surface area contributed by atoms with Crippen LogP contribution in [0.5, 0.6) is 0 Å². The molecule has 3 aromatic heterocycles. The van der Waals surface area contributed by atoms with Gasteiger partial charge in [-0.25, -0.2) is 19.4 Å². The average molecular weight is 482 g/mol. The number of nitrogens with zero attached hydrogens (tertiary/aromatic N) is 4. The highest BCUT2D eigenvalue weighted by Crippen LogP contribution is 2.28. The monoisotopic (exact) mass is 480 g/mol. The van der Waals surface area contributed by atoms with Crippen LogP contribution in [-0.4, -0.2) is 19.7 Å².